The number of nitro benzene ring substituents is 1. The van der Waals surface area contributed by atoms with Gasteiger partial charge in [-0.3, -0.25) is 19.7 Å². The van der Waals surface area contributed by atoms with Crippen molar-refractivity contribution in [1.82, 2.24) is 5.43 Å². The third-order valence-corrected chi connectivity index (χ3v) is 5.67. The van der Waals surface area contributed by atoms with Gasteiger partial charge in [0, 0.05) is 17.2 Å². The number of nitro groups is 1. The van der Waals surface area contributed by atoms with Crippen LogP contribution in [-0.4, -0.2) is 23.0 Å². The predicted molar refractivity (Wildman–Crippen MR) is 145 cm³/mol. The molecule has 9 heteroatoms. The van der Waals surface area contributed by atoms with Gasteiger partial charge in [0.15, 0.2) is 0 Å². The van der Waals surface area contributed by atoms with E-state index < -0.39 is 10.8 Å². The summed E-state index contributed by atoms with van der Waals surface area (Å²) in [7, 11) is 0. The van der Waals surface area contributed by atoms with E-state index >= 15 is 0 Å². The summed E-state index contributed by atoms with van der Waals surface area (Å²) in [5.41, 5.74) is 5.36. The SMILES string of the molecule is Cc1ccccc1C(=O)Nc1ccccc1C(=O)NN=Cc1ccccc1OCc1ccccc1[N+](=O)[O-]. The lowest BCUT2D eigenvalue weighted by Crippen LogP contribution is -2.21. The molecule has 0 unspecified atom stereocenters. The molecule has 0 spiro atoms. The largest absolute Gasteiger partial charge is 0.488 e. The number of nitrogens with zero attached hydrogens (tertiary/aromatic N) is 2. The van der Waals surface area contributed by atoms with Crippen LogP contribution in [0.5, 0.6) is 5.75 Å². The van der Waals surface area contributed by atoms with E-state index in [-0.39, 0.29) is 23.8 Å². The zero-order valence-corrected chi connectivity index (χ0v) is 20.5. The minimum absolute atomic E-state index is 0.0116. The van der Waals surface area contributed by atoms with E-state index in [4.69, 9.17) is 4.74 Å². The number of carbonyl (C=O) groups is 2. The number of rotatable bonds is 9. The fraction of sp³-hybridized carbons (Fsp3) is 0.0690. The second-order valence-corrected chi connectivity index (χ2v) is 8.23. The molecular weight excluding hydrogens is 484 g/mol. The van der Waals surface area contributed by atoms with E-state index in [1.807, 2.05) is 19.1 Å². The van der Waals surface area contributed by atoms with Gasteiger partial charge in [-0.25, -0.2) is 5.43 Å². The Morgan fingerprint density at radius 3 is 2.32 bits per heavy atom. The number of benzene rings is 4. The molecule has 2 amide bonds. The number of aryl methyl sites for hydroxylation is 1. The molecule has 4 rings (SSSR count). The van der Waals surface area contributed by atoms with Crippen LogP contribution in [0.3, 0.4) is 0 Å². The molecule has 0 aliphatic carbocycles. The van der Waals surface area contributed by atoms with Crippen molar-refractivity contribution in [2.75, 3.05) is 5.32 Å². The zero-order chi connectivity index (χ0) is 26.9. The zero-order valence-electron chi connectivity index (χ0n) is 20.5. The molecule has 0 aromatic heterocycles. The van der Waals surface area contributed by atoms with Crippen LogP contribution in [0.15, 0.2) is 102 Å². The maximum Gasteiger partial charge on any atom is 0.276 e. The molecule has 190 valence electrons. The standard InChI is InChI=1S/C29H24N4O5/c1-20-10-2-5-13-23(20)28(34)31-25-15-7-6-14-24(25)29(35)32-30-18-21-11-4-9-17-27(21)38-19-22-12-3-8-16-26(22)33(36)37/h2-18H,19H2,1H3,(H,31,34)(H,32,35). The molecule has 0 fully saturated rings. The molecule has 4 aromatic carbocycles. The van der Waals surface area contributed by atoms with E-state index in [1.54, 1.807) is 78.9 Å². The van der Waals surface area contributed by atoms with Crippen LogP contribution in [-0.2, 0) is 6.61 Å². The summed E-state index contributed by atoms with van der Waals surface area (Å²) >= 11 is 0. The number of carbonyl (C=O) groups excluding carboxylic acids is 2. The molecule has 2 N–H and O–H groups in total. The van der Waals surface area contributed by atoms with Gasteiger partial charge < -0.3 is 10.1 Å². The van der Waals surface area contributed by atoms with E-state index in [1.165, 1.54) is 12.3 Å². The number of hydrazone groups is 1. The molecule has 0 saturated carbocycles. The molecule has 0 aliphatic heterocycles. The second kappa shape index (κ2) is 12.1. The summed E-state index contributed by atoms with van der Waals surface area (Å²) in [5.74, 6) is -0.397. The third kappa shape index (κ3) is 6.27. The van der Waals surface area contributed by atoms with Crippen LogP contribution in [0.1, 0.15) is 37.4 Å². The first-order valence-corrected chi connectivity index (χ1v) is 11.7. The molecule has 9 nitrogen and oxygen atoms in total. The Morgan fingerprint density at radius 1 is 0.868 bits per heavy atom. The van der Waals surface area contributed by atoms with Crippen molar-refractivity contribution >= 4 is 29.4 Å². The molecule has 0 heterocycles. The van der Waals surface area contributed by atoms with E-state index in [2.05, 4.69) is 15.8 Å². The molecular formula is C29H24N4O5. The van der Waals surface area contributed by atoms with Gasteiger partial charge in [0.05, 0.1) is 28.0 Å². The Hall–Kier alpha value is -5.31. The highest BCUT2D eigenvalue weighted by Gasteiger charge is 2.15. The van der Waals surface area contributed by atoms with Gasteiger partial charge in [-0.2, -0.15) is 5.10 Å². The molecule has 0 radical (unpaired) electrons. The quantitative estimate of drug-likeness (QED) is 0.176. The van der Waals surface area contributed by atoms with Crippen LogP contribution in [0.25, 0.3) is 0 Å². The molecule has 4 aromatic rings. The summed E-state index contributed by atoms with van der Waals surface area (Å²) in [6.07, 6.45) is 1.42. The van der Waals surface area contributed by atoms with E-state index in [9.17, 15) is 19.7 Å². The van der Waals surface area contributed by atoms with Gasteiger partial charge in [0.25, 0.3) is 17.5 Å². The second-order valence-electron chi connectivity index (χ2n) is 8.23. The molecule has 0 atom stereocenters. The molecule has 0 saturated heterocycles. The monoisotopic (exact) mass is 508 g/mol. The van der Waals surface area contributed by atoms with Gasteiger partial charge in [-0.05, 0) is 48.9 Å². The van der Waals surface area contributed by atoms with Crippen molar-refractivity contribution in [3.8, 4) is 5.75 Å². The van der Waals surface area contributed by atoms with Crippen molar-refractivity contribution in [2.24, 2.45) is 5.10 Å². The van der Waals surface area contributed by atoms with Crippen molar-refractivity contribution < 1.29 is 19.2 Å². The maximum absolute atomic E-state index is 12.9. The van der Waals surface area contributed by atoms with Gasteiger partial charge >= 0.3 is 0 Å². The van der Waals surface area contributed by atoms with Crippen LogP contribution in [0, 0.1) is 17.0 Å². The first-order valence-electron chi connectivity index (χ1n) is 11.7. The highest BCUT2D eigenvalue weighted by Crippen LogP contribution is 2.22. The minimum Gasteiger partial charge on any atom is -0.488 e. The Balaban J connectivity index is 1.44. The van der Waals surface area contributed by atoms with Crippen LogP contribution in [0.2, 0.25) is 0 Å². The lowest BCUT2D eigenvalue weighted by Gasteiger charge is -2.11. The van der Waals surface area contributed by atoms with Crippen molar-refractivity contribution in [3.05, 3.63) is 135 Å². The lowest BCUT2D eigenvalue weighted by molar-refractivity contribution is -0.385. The highest BCUT2D eigenvalue weighted by atomic mass is 16.6. The van der Waals surface area contributed by atoms with Gasteiger partial charge in [0.2, 0.25) is 0 Å². The molecule has 38 heavy (non-hydrogen) atoms. The van der Waals surface area contributed by atoms with Crippen LogP contribution in [0.4, 0.5) is 11.4 Å². The van der Waals surface area contributed by atoms with Gasteiger partial charge in [-0.15, -0.1) is 0 Å². The fourth-order valence-corrected chi connectivity index (χ4v) is 3.71. The maximum atomic E-state index is 12.9. The van der Waals surface area contributed by atoms with Gasteiger partial charge in [-0.1, -0.05) is 54.6 Å². The first kappa shape index (κ1) is 25.8. The number of anilines is 1. The van der Waals surface area contributed by atoms with Crippen LogP contribution < -0.4 is 15.5 Å². The number of ether oxygens (including phenoxy) is 1. The smallest absolute Gasteiger partial charge is 0.276 e. The van der Waals surface area contributed by atoms with Gasteiger partial charge in [0.1, 0.15) is 12.4 Å². The fourth-order valence-electron chi connectivity index (χ4n) is 3.71. The Labute approximate surface area is 218 Å². The first-order chi connectivity index (χ1) is 18.4. The average molecular weight is 509 g/mol. The van der Waals surface area contributed by atoms with Crippen molar-refractivity contribution in [3.63, 3.8) is 0 Å². The number of amides is 2. The third-order valence-electron chi connectivity index (χ3n) is 5.67. The minimum atomic E-state index is -0.514. The molecule has 0 bridgehead atoms. The summed E-state index contributed by atoms with van der Waals surface area (Å²) in [4.78, 5) is 36.4. The summed E-state index contributed by atoms with van der Waals surface area (Å²) in [6, 6.07) is 27.1. The number of para-hydroxylation sites is 3. The number of hydrogen-bond donors (Lipinski definition) is 2. The average Bonchev–Trinajstić information content (AvgIpc) is 2.93. The molecule has 0 aliphatic rings. The summed E-state index contributed by atoms with van der Waals surface area (Å²) in [6.45, 7) is 1.83. The highest BCUT2D eigenvalue weighted by molar-refractivity contribution is 6.09. The topological polar surface area (TPSA) is 123 Å². The Morgan fingerprint density at radius 2 is 1.53 bits per heavy atom. The normalized spacial score (nSPS) is 10.7. The summed E-state index contributed by atoms with van der Waals surface area (Å²) < 4.78 is 5.81. The Bertz CT molecular complexity index is 1520. The Kier molecular flexibility index (Phi) is 8.20. The number of nitrogens with one attached hydrogen (secondary N) is 2. The van der Waals surface area contributed by atoms with Crippen molar-refractivity contribution in [1.29, 1.82) is 0 Å². The number of hydrogen-bond acceptors (Lipinski definition) is 6. The van der Waals surface area contributed by atoms with E-state index in [0.29, 0.717) is 28.1 Å². The predicted octanol–water partition coefficient (Wildman–Crippen LogP) is 5.50. The van der Waals surface area contributed by atoms with Crippen molar-refractivity contribution in [2.45, 2.75) is 13.5 Å². The van der Waals surface area contributed by atoms with Crippen LogP contribution >= 0.6 is 0 Å². The lowest BCUT2D eigenvalue weighted by atomic mass is 10.1. The van der Waals surface area contributed by atoms with E-state index in [0.717, 1.165) is 5.56 Å². The summed E-state index contributed by atoms with van der Waals surface area (Å²) in [5, 5.41) is 18.1.